The second-order valence-electron chi connectivity index (χ2n) is 13.3. The number of benzene rings is 9. The fourth-order valence-corrected chi connectivity index (χ4v) is 9.08. The largest absolute Gasteiger partial charge is 0.310 e. The molecule has 52 heavy (non-hydrogen) atoms. The predicted molar refractivity (Wildman–Crippen MR) is 225 cm³/mol. The summed E-state index contributed by atoms with van der Waals surface area (Å²) in [7, 11) is 0. The van der Waals surface area contributed by atoms with Crippen molar-refractivity contribution in [1.29, 1.82) is 0 Å². The quantitative estimate of drug-likeness (QED) is 0.158. The maximum Gasteiger partial charge on any atom is 0.0554 e. The van der Waals surface area contributed by atoms with Gasteiger partial charge in [-0.1, -0.05) is 152 Å². The predicted octanol–water partition coefficient (Wildman–Crippen LogP) is 14.8. The van der Waals surface area contributed by atoms with Crippen LogP contribution in [-0.2, 0) is 0 Å². The van der Waals surface area contributed by atoms with Crippen LogP contribution in [-0.4, -0.2) is 0 Å². The number of hydrogen-bond acceptors (Lipinski definition) is 2. The van der Waals surface area contributed by atoms with Gasteiger partial charge in [-0.05, 0) is 103 Å². The number of anilines is 3. The Morgan fingerprint density at radius 2 is 0.827 bits per heavy atom. The first-order chi connectivity index (χ1) is 25.8. The Hall–Kier alpha value is -6.48. The zero-order valence-corrected chi connectivity index (χ0v) is 29.2. The van der Waals surface area contributed by atoms with Gasteiger partial charge in [0.2, 0.25) is 0 Å². The van der Waals surface area contributed by atoms with Gasteiger partial charge in [-0.3, -0.25) is 0 Å². The number of hydrogen-bond donors (Lipinski definition) is 0. The van der Waals surface area contributed by atoms with Crippen molar-refractivity contribution in [2.45, 2.75) is 0 Å². The SMILES string of the molecule is c1ccc(-c2c(-c3ccccc3)c3cc(-c4cccc(N(c5ccccc5)c5cccc6sc7ccccc7c56)c4)ccc3c3ccccc23)cc1. The van der Waals surface area contributed by atoms with Crippen LogP contribution < -0.4 is 4.90 Å². The van der Waals surface area contributed by atoms with Gasteiger partial charge in [-0.2, -0.15) is 0 Å². The third kappa shape index (κ3) is 5.07. The maximum atomic E-state index is 2.42. The van der Waals surface area contributed by atoms with Gasteiger partial charge in [0.1, 0.15) is 0 Å². The molecule has 1 heterocycles. The lowest BCUT2D eigenvalue weighted by atomic mass is 9.84. The van der Waals surface area contributed by atoms with E-state index in [0.29, 0.717) is 0 Å². The monoisotopic (exact) mass is 679 g/mol. The Morgan fingerprint density at radius 3 is 1.58 bits per heavy atom. The molecule has 0 bridgehead atoms. The average Bonchev–Trinajstić information content (AvgIpc) is 3.61. The van der Waals surface area contributed by atoms with Crippen molar-refractivity contribution in [2.75, 3.05) is 4.90 Å². The Bertz CT molecular complexity index is 2890. The third-order valence-electron chi connectivity index (χ3n) is 10.2. The molecule has 1 aromatic heterocycles. The number of nitrogens with zero attached hydrogens (tertiary/aromatic N) is 1. The second kappa shape index (κ2) is 12.7. The Kier molecular flexibility index (Phi) is 7.41. The molecule has 244 valence electrons. The van der Waals surface area contributed by atoms with Crippen molar-refractivity contribution >= 4 is 70.1 Å². The molecule has 0 saturated carbocycles. The lowest BCUT2D eigenvalue weighted by Gasteiger charge is -2.27. The normalized spacial score (nSPS) is 11.5. The Balaban J connectivity index is 1.21. The fourth-order valence-electron chi connectivity index (χ4n) is 7.95. The molecule has 10 rings (SSSR count). The highest BCUT2D eigenvalue weighted by molar-refractivity contribution is 7.26. The van der Waals surface area contributed by atoms with Gasteiger partial charge < -0.3 is 4.90 Å². The van der Waals surface area contributed by atoms with Crippen molar-refractivity contribution in [3.8, 4) is 33.4 Å². The van der Waals surface area contributed by atoms with E-state index in [1.807, 2.05) is 11.3 Å². The molecule has 0 radical (unpaired) electrons. The molecule has 0 saturated heterocycles. The van der Waals surface area contributed by atoms with Crippen LogP contribution in [0.25, 0.3) is 75.1 Å². The summed E-state index contributed by atoms with van der Waals surface area (Å²) in [5, 5.41) is 7.62. The molecule has 1 nitrogen and oxygen atoms in total. The molecule has 0 amide bonds. The topological polar surface area (TPSA) is 3.24 Å². The fraction of sp³-hybridized carbons (Fsp3) is 0. The van der Waals surface area contributed by atoms with Crippen molar-refractivity contribution in [1.82, 2.24) is 0 Å². The number of rotatable bonds is 6. The summed E-state index contributed by atoms with van der Waals surface area (Å²) in [6.45, 7) is 0. The molecular formula is C50H33NS. The van der Waals surface area contributed by atoms with Crippen molar-refractivity contribution in [3.05, 3.63) is 200 Å². The molecule has 0 aliphatic heterocycles. The van der Waals surface area contributed by atoms with Gasteiger partial charge in [-0.15, -0.1) is 11.3 Å². The number of para-hydroxylation sites is 1. The second-order valence-corrected chi connectivity index (χ2v) is 14.3. The lowest BCUT2D eigenvalue weighted by Crippen LogP contribution is -2.10. The van der Waals surface area contributed by atoms with Crippen molar-refractivity contribution in [3.63, 3.8) is 0 Å². The minimum absolute atomic E-state index is 1.12. The van der Waals surface area contributed by atoms with E-state index in [-0.39, 0.29) is 0 Å². The van der Waals surface area contributed by atoms with Crippen LogP contribution >= 0.6 is 11.3 Å². The zero-order chi connectivity index (χ0) is 34.4. The van der Waals surface area contributed by atoms with E-state index >= 15 is 0 Å². The number of fused-ring (bicyclic) bond motifs is 6. The van der Waals surface area contributed by atoms with Crippen LogP contribution in [0.15, 0.2) is 200 Å². The van der Waals surface area contributed by atoms with Gasteiger partial charge in [-0.25, -0.2) is 0 Å². The van der Waals surface area contributed by atoms with Gasteiger partial charge >= 0.3 is 0 Å². The Labute approximate surface area is 307 Å². The molecule has 0 atom stereocenters. The summed E-state index contributed by atoms with van der Waals surface area (Å²) in [6, 6.07) is 72.9. The standard InChI is InChI=1S/C50H33NS/c1-4-16-34(17-5-1)48-42-25-11-10-24-40(42)41-31-30-37(33-44(41)49(48)35-18-6-2-7-19-35)36-20-14-23-39(32-36)51(38-21-8-3-9-22-38)45-27-15-29-47-50(45)43-26-12-13-28-46(43)52-47/h1-33H. The van der Waals surface area contributed by atoms with Gasteiger partial charge in [0, 0.05) is 31.5 Å². The van der Waals surface area contributed by atoms with Crippen LogP contribution in [0.3, 0.4) is 0 Å². The number of thiophene rings is 1. The molecule has 0 aliphatic carbocycles. The van der Waals surface area contributed by atoms with Crippen LogP contribution in [0.5, 0.6) is 0 Å². The highest BCUT2D eigenvalue weighted by atomic mass is 32.1. The molecule has 0 unspecified atom stereocenters. The smallest absolute Gasteiger partial charge is 0.0554 e. The van der Waals surface area contributed by atoms with E-state index in [2.05, 4.69) is 205 Å². The zero-order valence-electron chi connectivity index (χ0n) is 28.4. The van der Waals surface area contributed by atoms with E-state index in [9.17, 15) is 0 Å². The summed E-state index contributed by atoms with van der Waals surface area (Å²) in [6.07, 6.45) is 0. The van der Waals surface area contributed by atoms with Gasteiger partial charge in [0.05, 0.1) is 5.69 Å². The maximum absolute atomic E-state index is 2.42. The van der Waals surface area contributed by atoms with Crippen LogP contribution in [0.2, 0.25) is 0 Å². The van der Waals surface area contributed by atoms with E-state index < -0.39 is 0 Å². The molecule has 10 aromatic rings. The van der Waals surface area contributed by atoms with E-state index in [1.165, 1.54) is 80.8 Å². The van der Waals surface area contributed by atoms with E-state index in [4.69, 9.17) is 0 Å². The minimum atomic E-state index is 1.12. The first-order valence-corrected chi connectivity index (χ1v) is 18.6. The van der Waals surface area contributed by atoms with Crippen molar-refractivity contribution < 1.29 is 0 Å². The summed E-state index contributed by atoms with van der Waals surface area (Å²) in [5.74, 6) is 0. The highest BCUT2D eigenvalue weighted by Gasteiger charge is 2.20. The first kappa shape index (κ1) is 30.4. The summed E-state index contributed by atoms with van der Waals surface area (Å²) in [5.41, 5.74) is 10.8. The van der Waals surface area contributed by atoms with Crippen LogP contribution in [0, 0.1) is 0 Å². The minimum Gasteiger partial charge on any atom is -0.310 e. The van der Waals surface area contributed by atoms with E-state index in [1.54, 1.807) is 0 Å². The van der Waals surface area contributed by atoms with Gasteiger partial charge in [0.25, 0.3) is 0 Å². The molecule has 0 spiro atoms. The highest BCUT2D eigenvalue weighted by Crippen LogP contribution is 2.47. The summed E-state index contributed by atoms with van der Waals surface area (Å²) >= 11 is 1.86. The molecule has 0 N–H and O–H groups in total. The third-order valence-corrected chi connectivity index (χ3v) is 11.4. The van der Waals surface area contributed by atoms with E-state index in [0.717, 1.165) is 11.4 Å². The van der Waals surface area contributed by atoms with Gasteiger partial charge in [0.15, 0.2) is 0 Å². The average molecular weight is 680 g/mol. The molecule has 0 aliphatic rings. The Morgan fingerprint density at radius 1 is 0.308 bits per heavy atom. The molecular weight excluding hydrogens is 647 g/mol. The summed E-state index contributed by atoms with van der Waals surface area (Å²) < 4.78 is 2.60. The molecule has 2 heteroatoms. The van der Waals surface area contributed by atoms with Crippen LogP contribution in [0.1, 0.15) is 0 Å². The van der Waals surface area contributed by atoms with Crippen molar-refractivity contribution in [2.24, 2.45) is 0 Å². The molecule has 0 fully saturated rings. The molecule has 9 aromatic carbocycles. The first-order valence-electron chi connectivity index (χ1n) is 17.8. The summed E-state index contributed by atoms with van der Waals surface area (Å²) in [4.78, 5) is 2.42. The lowest BCUT2D eigenvalue weighted by molar-refractivity contribution is 1.30. The van der Waals surface area contributed by atoms with Crippen LogP contribution in [0.4, 0.5) is 17.1 Å².